The predicted molar refractivity (Wildman–Crippen MR) is 77.9 cm³/mol. The molecule has 2 atom stereocenters. The monoisotopic (exact) mass is 269 g/mol. The Morgan fingerprint density at radius 3 is 2.16 bits per heavy atom. The van der Waals surface area contributed by atoms with Gasteiger partial charge < -0.3 is 15.6 Å². The first kappa shape index (κ1) is 15.3. The van der Waals surface area contributed by atoms with Gasteiger partial charge in [-0.05, 0) is 43.9 Å². The van der Waals surface area contributed by atoms with Crippen LogP contribution in [0.25, 0.3) is 0 Å². The van der Waals surface area contributed by atoms with Crippen molar-refractivity contribution in [2.24, 2.45) is 22.5 Å². The Bertz CT molecular complexity index is 315. The molecule has 2 fully saturated rings. The lowest BCUT2D eigenvalue weighted by Crippen LogP contribution is -2.58. The fourth-order valence-corrected chi connectivity index (χ4v) is 4.28. The number of hydrogen-bond donors (Lipinski definition) is 2. The van der Waals surface area contributed by atoms with Crippen LogP contribution in [0.5, 0.6) is 0 Å². The highest BCUT2D eigenvalue weighted by molar-refractivity contribution is 5.07. The Hall–Kier alpha value is -0.120. The maximum absolute atomic E-state index is 11.1. The third kappa shape index (κ3) is 2.45. The van der Waals surface area contributed by atoms with E-state index in [0.717, 1.165) is 25.2 Å². The van der Waals surface area contributed by atoms with E-state index in [9.17, 15) is 5.11 Å². The average molecular weight is 269 g/mol. The van der Waals surface area contributed by atoms with E-state index in [-0.39, 0.29) is 11.5 Å². The Morgan fingerprint density at radius 2 is 1.79 bits per heavy atom. The van der Waals surface area contributed by atoms with E-state index in [1.807, 2.05) is 6.92 Å². The highest BCUT2D eigenvalue weighted by Crippen LogP contribution is 2.53. The van der Waals surface area contributed by atoms with Crippen molar-refractivity contribution in [3.63, 3.8) is 0 Å². The van der Waals surface area contributed by atoms with Crippen LogP contribution in [0.15, 0.2) is 0 Å². The zero-order valence-electron chi connectivity index (χ0n) is 13.0. The topological polar surface area (TPSA) is 55.5 Å². The molecule has 0 aromatic carbocycles. The molecular formula is C16H31NO2. The molecule has 1 aliphatic heterocycles. The molecule has 2 aliphatic rings. The van der Waals surface area contributed by atoms with Gasteiger partial charge in [-0.2, -0.15) is 0 Å². The van der Waals surface area contributed by atoms with Crippen molar-refractivity contribution in [3.05, 3.63) is 0 Å². The SMILES string of the molecule is CC1OCCC1(O)C1(CN)CCC(C(C)(C)C)CC1. The molecule has 2 unspecified atom stereocenters. The molecule has 0 spiro atoms. The fourth-order valence-electron chi connectivity index (χ4n) is 4.28. The number of hydrogen-bond acceptors (Lipinski definition) is 3. The molecule has 1 aliphatic carbocycles. The second kappa shape index (κ2) is 5.01. The van der Waals surface area contributed by atoms with E-state index in [4.69, 9.17) is 10.5 Å². The molecule has 0 aromatic heterocycles. The van der Waals surface area contributed by atoms with Crippen LogP contribution >= 0.6 is 0 Å². The quantitative estimate of drug-likeness (QED) is 0.810. The fraction of sp³-hybridized carbons (Fsp3) is 1.00. The number of ether oxygens (including phenoxy) is 1. The maximum Gasteiger partial charge on any atom is 0.0995 e. The van der Waals surface area contributed by atoms with E-state index in [1.165, 1.54) is 12.8 Å². The van der Waals surface area contributed by atoms with Crippen LogP contribution in [-0.4, -0.2) is 30.0 Å². The summed E-state index contributed by atoms with van der Waals surface area (Å²) in [5.74, 6) is 0.744. The summed E-state index contributed by atoms with van der Waals surface area (Å²) in [4.78, 5) is 0. The van der Waals surface area contributed by atoms with Gasteiger partial charge in [-0.3, -0.25) is 0 Å². The molecule has 3 nitrogen and oxygen atoms in total. The molecule has 0 amide bonds. The summed E-state index contributed by atoms with van der Waals surface area (Å²) in [6.07, 6.45) is 5.09. The Kier molecular flexibility index (Phi) is 4.03. The zero-order chi connectivity index (χ0) is 14.3. The highest BCUT2D eigenvalue weighted by Gasteiger charge is 2.56. The normalized spacial score (nSPS) is 44.5. The van der Waals surface area contributed by atoms with Gasteiger partial charge in [0.25, 0.3) is 0 Å². The molecule has 1 saturated heterocycles. The first-order chi connectivity index (χ1) is 8.75. The smallest absolute Gasteiger partial charge is 0.0995 e. The van der Waals surface area contributed by atoms with Crippen LogP contribution < -0.4 is 5.73 Å². The van der Waals surface area contributed by atoms with E-state index >= 15 is 0 Å². The molecule has 0 bridgehead atoms. The molecule has 0 radical (unpaired) electrons. The Labute approximate surface area is 117 Å². The first-order valence-electron chi connectivity index (χ1n) is 7.79. The van der Waals surface area contributed by atoms with E-state index in [1.54, 1.807) is 0 Å². The molecule has 0 aromatic rings. The molecular weight excluding hydrogens is 238 g/mol. The molecule has 112 valence electrons. The zero-order valence-corrected chi connectivity index (χ0v) is 13.0. The number of rotatable bonds is 2. The number of nitrogens with two attached hydrogens (primary N) is 1. The average Bonchev–Trinajstić information content (AvgIpc) is 2.70. The predicted octanol–water partition coefficient (Wildman–Crippen LogP) is 2.71. The van der Waals surface area contributed by atoms with Crippen molar-refractivity contribution >= 4 is 0 Å². The van der Waals surface area contributed by atoms with Crippen LogP contribution in [0.4, 0.5) is 0 Å². The maximum atomic E-state index is 11.1. The van der Waals surface area contributed by atoms with Gasteiger partial charge in [0.15, 0.2) is 0 Å². The molecule has 1 saturated carbocycles. The Balaban J connectivity index is 2.14. The number of aliphatic hydroxyl groups is 1. The lowest BCUT2D eigenvalue weighted by Gasteiger charge is -2.51. The van der Waals surface area contributed by atoms with Crippen molar-refractivity contribution in [2.75, 3.05) is 13.2 Å². The van der Waals surface area contributed by atoms with Crippen molar-refractivity contribution in [2.45, 2.75) is 71.5 Å². The van der Waals surface area contributed by atoms with Gasteiger partial charge in [0, 0.05) is 25.0 Å². The van der Waals surface area contributed by atoms with Crippen LogP contribution in [0.3, 0.4) is 0 Å². The van der Waals surface area contributed by atoms with Gasteiger partial charge in [0.2, 0.25) is 0 Å². The molecule has 3 N–H and O–H groups in total. The largest absolute Gasteiger partial charge is 0.386 e. The standard InChI is InChI=1S/C16H31NO2/c1-12-16(18,9-10-19-12)15(11-17)7-5-13(6-8-15)14(2,3)4/h12-13,18H,5-11,17H2,1-4H3. The van der Waals surface area contributed by atoms with Gasteiger partial charge in [0.1, 0.15) is 0 Å². The minimum absolute atomic E-state index is 0.0813. The summed E-state index contributed by atoms with van der Waals surface area (Å²) in [5, 5.41) is 11.1. The van der Waals surface area contributed by atoms with Crippen LogP contribution in [0.1, 0.15) is 59.8 Å². The Morgan fingerprint density at radius 1 is 1.21 bits per heavy atom. The van der Waals surface area contributed by atoms with Crippen molar-refractivity contribution in [3.8, 4) is 0 Å². The summed E-state index contributed by atoms with van der Waals surface area (Å²) >= 11 is 0. The summed E-state index contributed by atoms with van der Waals surface area (Å²) in [6.45, 7) is 10.2. The first-order valence-corrected chi connectivity index (χ1v) is 7.79. The third-order valence-electron chi connectivity index (χ3n) is 6.00. The van der Waals surface area contributed by atoms with Gasteiger partial charge in [0.05, 0.1) is 11.7 Å². The van der Waals surface area contributed by atoms with Crippen LogP contribution in [0, 0.1) is 16.7 Å². The highest BCUT2D eigenvalue weighted by atomic mass is 16.5. The summed E-state index contributed by atoms with van der Waals surface area (Å²) in [5.41, 5.74) is 5.61. The summed E-state index contributed by atoms with van der Waals surface area (Å²) in [6, 6.07) is 0. The second-order valence-corrected chi connectivity index (χ2v) is 7.81. The summed E-state index contributed by atoms with van der Waals surface area (Å²) < 4.78 is 5.64. The van der Waals surface area contributed by atoms with Crippen molar-refractivity contribution in [1.82, 2.24) is 0 Å². The van der Waals surface area contributed by atoms with E-state index in [2.05, 4.69) is 20.8 Å². The summed E-state index contributed by atoms with van der Waals surface area (Å²) in [7, 11) is 0. The lowest BCUT2D eigenvalue weighted by atomic mass is 9.56. The van der Waals surface area contributed by atoms with E-state index < -0.39 is 5.60 Å². The molecule has 1 heterocycles. The molecule has 19 heavy (non-hydrogen) atoms. The van der Waals surface area contributed by atoms with Crippen LogP contribution in [0.2, 0.25) is 0 Å². The lowest BCUT2D eigenvalue weighted by molar-refractivity contribution is -0.139. The van der Waals surface area contributed by atoms with Gasteiger partial charge >= 0.3 is 0 Å². The van der Waals surface area contributed by atoms with Crippen molar-refractivity contribution in [1.29, 1.82) is 0 Å². The molecule has 3 heteroatoms. The van der Waals surface area contributed by atoms with Gasteiger partial charge in [-0.25, -0.2) is 0 Å². The third-order valence-corrected chi connectivity index (χ3v) is 6.00. The minimum Gasteiger partial charge on any atom is -0.386 e. The van der Waals surface area contributed by atoms with Crippen LogP contribution in [-0.2, 0) is 4.74 Å². The minimum atomic E-state index is -0.718. The van der Waals surface area contributed by atoms with Gasteiger partial charge in [-0.15, -0.1) is 0 Å². The second-order valence-electron chi connectivity index (χ2n) is 7.81. The molecule has 2 rings (SSSR count). The van der Waals surface area contributed by atoms with E-state index in [0.29, 0.717) is 18.6 Å². The van der Waals surface area contributed by atoms with Crippen molar-refractivity contribution < 1.29 is 9.84 Å². The van der Waals surface area contributed by atoms with Gasteiger partial charge in [-0.1, -0.05) is 20.8 Å².